The van der Waals surface area contributed by atoms with Crippen LogP contribution in [0.2, 0.25) is 0 Å². The van der Waals surface area contributed by atoms with E-state index in [2.05, 4.69) is 34.7 Å². The minimum atomic E-state index is -0.181. The monoisotopic (exact) mass is 349 g/mol. The van der Waals surface area contributed by atoms with Crippen LogP contribution in [0.4, 0.5) is 11.5 Å². The van der Waals surface area contributed by atoms with Crippen LogP contribution in [0, 0.1) is 6.92 Å². The first kappa shape index (κ1) is 15.5. The molecule has 3 aromatic rings. The summed E-state index contributed by atoms with van der Waals surface area (Å²) in [5, 5.41) is 6.67. The molecule has 2 amide bonds. The lowest BCUT2D eigenvalue weighted by Gasteiger charge is -2.04. The van der Waals surface area contributed by atoms with Crippen molar-refractivity contribution >= 4 is 56.4 Å². The van der Waals surface area contributed by atoms with Gasteiger partial charge in [-0.1, -0.05) is 18.2 Å². The topological polar surface area (TPSA) is 71.1 Å². The number of nitrogens with zero attached hydrogens (tertiary/aromatic N) is 1. The SMILES string of the molecule is CC(=O)Nc1cnc2c(c1)C(=Cc1sc3ccccc3c1C)C(=O)N2. The number of nitrogens with one attached hydrogen (secondary N) is 2. The molecule has 3 heterocycles. The molecule has 0 fully saturated rings. The van der Waals surface area contributed by atoms with Gasteiger partial charge in [0.05, 0.1) is 17.5 Å². The lowest BCUT2D eigenvalue weighted by Crippen LogP contribution is -2.06. The van der Waals surface area contributed by atoms with E-state index in [-0.39, 0.29) is 11.8 Å². The van der Waals surface area contributed by atoms with Crippen molar-refractivity contribution in [2.24, 2.45) is 0 Å². The number of benzene rings is 1. The van der Waals surface area contributed by atoms with E-state index in [0.717, 1.165) is 10.4 Å². The molecule has 0 atom stereocenters. The molecule has 4 rings (SSSR count). The van der Waals surface area contributed by atoms with E-state index in [4.69, 9.17) is 0 Å². The summed E-state index contributed by atoms with van der Waals surface area (Å²) in [4.78, 5) is 28.9. The van der Waals surface area contributed by atoms with E-state index in [1.165, 1.54) is 23.2 Å². The van der Waals surface area contributed by atoms with Crippen LogP contribution in [-0.4, -0.2) is 16.8 Å². The predicted octanol–water partition coefficient (Wildman–Crippen LogP) is 4.06. The first-order valence-electron chi connectivity index (χ1n) is 7.82. The van der Waals surface area contributed by atoms with Gasteiger partial charge in [0, 0.05) is 22.1 Å². The largest absolute Gasteiger partial charge is 0.325 e. The Morgan fingerprint density at radius 2 is 2.12 bits per heavy atom. The number of pyridine rings is 1. The Morgan fingerprint density at radius 3 is 2.88 bits per heavy atom. The second-order valence-corrected chi connectivity index (χ2v) is 6.98. The number of thiophene rings is 1. The molecule has 1 aromatic carbocycles. The van der Waals surface area contributed by atoms with Crippen molar-refractivity contribution in [1.29, 1.82) is 0 Å². The van der Waals surface area contributed by atoms with Gasteiger partial charge in [0.2, 0.25) is 5.91 Å². The van der Waals surface area contributed by atoms with E-state index >= 15 is 0 Å². The molecule has 1 aliphatic heterocycles. The molecular formula is C19H15N3O2S. The average molecular weight is 349 g/mol. The number of anilines is 2. The maximum atomic E-state index is 12.4. The number of carbonyl (C=O) groups is 2. The van der Waals surface area contributed by atoms with Gasteiger partial charge >= 0.3 is 0 Å². The first-order valence-corrected chi connectivity index (χ1v) is 8.64. The van der Waals surface area contributed by atoms with Crippen molar-refractivity contribution in [1.82, 2.24) is 4.98 Å². The summed E-state index contributed by atoms with van der Waals surface area (Å²) in [7, 11) is 0. The lowest BCUT2D eigenvalue weighted by atomic mass is 10.1. The third kappa shape index (κ3) is 2.70. The van der Waals surface area contributed by atoms with Gasteiger partial charge in [-0.2, -0.15) is 0 Å². The van der Waals surface area contributed by atoms with Gasteiger partial charge in [-0.3, -0.25) is 9.59 Å². The highest BCUT2D eigenvalue weighted by atomic mass is 32.1. The number of fused-ring (bicyclic) bond motifs is 2. The molecule has 124 valence electrons. The number of amides is 2. The average Bonchev–Trinajstić information content (AvgIpc) is 3.06. The summed E-state index contributed by atoms with van der Waals surface area (Å²) in [6, 6.07) is 9.96. The van der Waals surface area contributed by atoms with E-state index in [9.17, 15) is 9.59 Å². The standard InChI is InChI=1S/C19H15N3O2S/c1-10-13-5-3-4-6-16(13)25-17(10)8-15-14-7-12(21-11(2)23)9-20-18(14)22-19(15)24/h3-9H,1-2H3,(H,21,23)(H,20,22,24). The smallest absolute Gasteiger partial charge is 0.257 e. The molecule has 2 N–H and O–H groups in total. The van der Waals surface area contributed by atoms with Gasteiger partial charge in [0.1, 0.15) is 5.82 Å². The number of carbonyl (C=O) groups excluding carboxylic acids is 2. The van der Waals surface area contributed by atoms with Crippen LogP contribution < -0.4 is 10.6 Å². The Labute approximate surface area is 148 Å². The van der Waals surface area contributed by atoms with Gasteiger partial charge in [-0.05, 0) is 36.1 Å². The third-order valence-corrected chi connectivity index (χ3v) is 5.35. The second kappa shape index (κ2) is 5.82. The van der Waals surface area contributed by atoms with Crippen LogP contribution in [0.25, 0.3) is 21.7 Å². The Kier molecular flexibility index (Phi) is 3.62. The summed E-state index contributed by atoms with van der Waals surface area (Å²) in [6.07, 6.45) is 3.44. The Hall–Kier alpha value is -2.99. The molecule has 0 saturated heterocycles. The van der Waals surface area contributed by atoms with E-state index in [1.807, 2.05) is 18.2 Å². The zero-order valence-corrected chi connectivity index (χ0v) is 14.5. The molecule has 2 aromatic heterocycles. The first-order chi connectivity index (χ1) is 12.0. The normalized spacial score (nSPS) is 14.6. The van der Waals surface area contributed by atoms with E-state index < -0.39 is 0 Å². The van der Waals surface area contributed by atoms with Gasteiger partial charge in [-0.25, -0.2) is 4.98 Å². The van der Waals surface area contributed by atoms with Crippen molar-refractivity contribution in [2.75, 3.05) is 10.6 Å². The van der Waals surface area contributed by atoms with Crippen molar-refractivity contribution in [3.8, 4) is 0 Å². The summed E-state index contributed by atoms with van der Waals surface area (Å²) in [6.45, 7) is 3.50. The van der Waals surface area contributed by atoms with Crippen molar-refractivity contribution in [3.63, 3.8) is 0 Å². The van der Waals surface area contributed by atoms with Gasteiger partial charge in [0.25, 0.3) is 5.91 Å². The minimum Gasteiger partial charge on any atom is -0.325 e. The quantitative estimate of drug-likeness (QED) is 0.686. The van der Waals surface area contributed by atoms with Crippen molar-refractivity contribution in [3.05, 3.63) is 52.5 Å². The highest BCUT2D eigenvalue weighted by Gasteiger charge is 2.26. The van der Waals surface area contributed by atoms with Crippen molar-refractivity contribution in [2.45, 2.75) is 13.8 Å². The fraction of sp³-hybridized carbons (Fsp3) is 0.105. The summed E-state index contributed by atoms with van der Waals surface area (Å²) in [5.41, 5.74) is 2.99. The van der Waals surface area contributed by atoms with Gasteiger partial charge < -0.3 is 10.6 Å². The molecular weight excluding hydrogens is 334 g/mol. The van der Waals surface area contributed by atoms with Crippen molar-refractivity contribution < 1.29 is 9.59 Å². The molecule has 0 saturated carbocycles. The zero-order valence-electron chi connectivity index (χ0n) is 13.7. The number of rotatable bonds is 2. The molecule has 0 radical (unpaired) electrons. The van der Waals surface area contributed by atoms with Crippen LogP contribution in [0.3, 0.4) is 0 Å². The Bertz CT molecular complexity index is 1070. The Balaban J connectivity index is 1.83. The number of hydrogen-bond donors (Lipinski definition) is 2. The molecule has 0 unspecified atom stereocenters. The second-order valence-electron chi connectivity index (χ2n) is 5.90. The van der Waals surface area contributed by atoms with Gasteiger partial charge in [0.15, 0.2) is 0 Å². The fourth-order valence-corrected chi connectivity index (χ4v) is 4.10. The number of aromatic nitrogens is 1. The summed E-state index contributed by atoms with van der Waals surface area (Å²) < 4.78 is 1.19. The highest BCUT2D eigenvalue weighted by Crippen LogP contribution is 2.37. The number of hydrogen-bond acceptors (Lipinski definition) is 4. The fourth-order valence-electron chi connectivity index (χ4n) is 2.94. The molecule has 0 aliphatic carbocycles. The zero-order chi connectivity index (χ0) is 17.6. The maximum absolute atomic E-state index is 12.4. The van der Waals surface area contributed by atoms with Gasteiger partial charge in [-0.15, -0.1) is 11.3 Å². The van der Waals surface area contributed by atoms with Crippen LogP contribution in [0.1, 0.15) is 22.9 Å². The van der Waals surface area contributed by atoms with E-state index in [0.29, 0.717) is 22.6 Å². The van der Waals surface area contributed by atoms with E-state index in [1.54, 1.807) is 17.4 Å². The molecule has 5 nitrogen and oxygen atoms in total. The molecule has 25 heavy (non-hydrogen) atoms. The molecule has 6 heteroatoms. The maximum Gasteiger partial charge on any atom is 0.257 e. The third-order valence-electron chi connectivity index (χ3n) is 4.13. The lowest BCUT2D eigenvalue weighted by molar-refractivity contribution is -0.114. The molecule has 0 spiro atoms. The van der Waals surface area contributed by atoms with Crippen LogP contribution in [-0.2, 0) is 9.59 Å². The Morgan fingerprint density at radius 1 is 1.32 bits per heavy atom. The summed E-state index contributed by atoms with van der Waals surface area (Å²) >= 11 is 1.66. The van der Waals surface area contributed by atoms with Crippen LogP contribution in [0.15, 0.2) is 36.5 Å². The predicted molar refractivity (Wildman–Crippen MR) is 102 cm³/mol. The minimum absolute atomic E-state index is 0.176. The number of aryl methyl sites for hydroxylation is 1. The van der Waals surface area contributed by atoms with Crippen LogP contribution >= 0.6 is 11.3 Å². The summed E-state index contributed by atoms with van der Waals surface area (Å²) in [5.74, 6) is 0.161. The molecule has 0 bridgehead atoms. The highest BCUT2D eigenvalue weighted by molar-refractivity contribution is 7.20. The molecule has 1 aliphatic rings. The van der Waals surface area contributed by atoms with Crippen LogP contribution in [0.5, 0.6) is 0 Å².